The Morgan fingerprint density at radius 3 is 2.06 bits per heavy atom. The van der Waals surface area contributed by atoms with Gasteiger partial charge < -0.3 is 0 Å². The van der Waals surface area contributed by atoms with Crippen LogP contribution in [0.5, 0.6) is 0 Å². The highest BCUT2D eigenvalue weighted by atomic mass is 31.1. The maximum Gasteiger partial charge on any atom is 0.158 e. The van der Waals surface area contributed by atoms with Crippen LogP contribution >= 0.6 is 8.46 Å². The van der Waals surface area contributed by atoms with E-state index in [9.17, 15) is 4.57 Å². The van der Waals surface area contributed by atoms with Crippen molar-refractivity contribution in [2.24, 2.45) is 11.8 Å². The molecule has 0 radical (unpaired) electrons. The lowest BCUT2D eigenvalue weighted by Gasteiger charge is -2.15. The first-order valence-corrected chi connectivity index (χ1v) is 7.86. The summed E-state index contributed by atoms with van der Waals surface area (Å²) < 4.78 is 11.0. The van der Waals surface area contributed by atoms with Gasteiger partial charge in [0.2, 0.25) is 0 Å². The normalized spacial score (nSPS) is 17.2. The Morgan fingerprint density at radius 2 is 1.56 bits per heavy atom. The molecule has 0 aromatic rings. The first-order valence-electron chi connectivity index (χ1n) is 6.98. The predicted octanol–water partition coefficient (Wildman–Crippen LogP) is 5.69. The standard InChI is InChI=1S/C14H29OP/c1-5-12(3)10-8-7-9-11-14(16-15)13(4)6-2/h12-14H,5-11H2,1-4H3. The zero-order valence-corrected chi connectivity index (χ0v) is 12.4. The van der Waals surface area contributed by atoms with Crippen molar-refractivity contribution in [3.8, 4) is 0 Å². The average Bonchev–Trinajstić information content (AvgIpc) is 2.32. The highest BCUT2D eigenvalue weighted by molar-refractivity contribution is 7.24. The quantitative estimate of drug-likeness (QED) is 0.356. The summed E-state index contributed by atoms with van der Waals surface area (Å²) in [7, 11) is 0.357. The van der Waals surface area contributed by atoms with Crippen molar-refractivity contribution in [3.05, 3.63) is 0 Å². The summed E-state index contributed by atoms with van der Waals surface area (Å²) in [6.07, 6.45) is 8.85. The van der Waals surface area contributed by atoms with Crippen LogP contribution in [0.2, 0.25) is 0 Å². The van der Waals surface area contributed by atoms with Crippen molar-refractivity contribution < 1.29 is 4.57 Å². The summed E-state index contributed by atoms with van der Waals surface area (Å²) in [6, 6.07) is 0. The summed E-state index contributed by atoms with van der Waals surface area (Å²) in [5, 5.41) is 0. The lowest BCUT2D eigenvalue weighted by Crippen LogP contribution is -2.10. The van der Waals surface area contributed by atoms with Gasteiger partial charge in [0.15, 0.2) is 8.46 Å². The lowest BCUT2D eigenvalue weighted by atomic mass is 9.97. The molecular formula is C14H29OP. The highest BCUT2D eigenvalue weighted by Crippen LogP contribution is 2.25. The SMILES string of the molecule is CCC(C)CCCCCC(P=O)C(C)CC. The van der Waals surface area contributed by atoms with Gasteiger partial charge in [-0.3, -0.25) is 4.57 Å². The van der Waals surface area contributed by atoms with Crippen molar-refractivity contribution in [2.75, 3.05) is 0 Å². The predicted molar refractivity (Wildman–Crippen MR) is 73.4 cm³/mol. The second-order valence-electron chi connectivity index (χ2n) is 5.21. The second-order valence-corrected chi connectivity index (χ2v) is 6.08. The molecule has 3 atom stereocenters. The van der Waals surface area contributed by atoms with E-state index < -0.39 is 0 Å². The van der Waals surface area contributed by atoms with Gasteiger partial charge in [-0.1, -0.05) is 66.2 Å². The van der Waals surface area contributed by atoms with Crippen LogP contribution in [0.4, 0.5) is 0 Å². The fourth-order valence-electron chi connectivity index (χ4n) is 1.94. The van der Waals surface area contributed by atoms with E-state index in [1.807, 2.05) is 0 Å². The van der Waals surface area contributed by atoms with E-state index in [0.717, 1.165) is 18.8 Å². The van der Waals surface area contributed by atoms with Gasteiger partial charge in [0.25, 0.3) is 0 Å². The molecule has 2 heteroatoms. The molecule has 1 nitrogen and oxygen atoms in total. The topological polar surface area (TPSA) is 17.1 Å². The number of rotatable bonds is 10. The van der Waals surface area contributed by atoms with Gasteiger partial charge in [-0.15, -0.1) is 0 Å². The molecule has 0 spiro atoms. The minimum absolute atomic E-state index is 0.357. The van der Waals surface area contributed by atoms with Crippen molar-refractivity contribution in [2.45, 2.75) is 78.3 Å². The zero-order valence-electron chi connectivity index (χ0n) is 11.5. The second kappa shape index (κ2) is 10.3. The maximum absolute atomic E-state index is 11.0. The smallest absolute Gasteiger partial charge is 0.158 e. The maximum atomic E-state index is 11.0. The van der Waals surface area contributed by atoms with Gasteiger partial charge in [0.05, 0.1) is 0 Å². The Labute approximate surface area is 104 Å². The fourth-order valence-corrected chi connectivity index (χ4v) is 2.65. The zero-order chi connectivity index (χ0) is 12.4. The van der Waals surface area contributed by atoms with Crippen LogP contribution in [-0.4, -0.2) is 5.66 Å². The van der Waals surface area contributed by atoms with Gasteiger partial charge in [-0.2, -0.15) is 0 Å². The first-order chi connectivity index (χ1) is 7.65. The third-order valence-electron chi connectivity index (χ3n) is 3.83. The van der Waals surface area contributed by atoms with E-state index in [4.69, 9.17) is 0 Å². The molecule has 0 rings (SSSR count). The van der Waals surface area contributed by atoms with Crippen LogP contribution < -0.4 is 0 Å². The van der Waals surface area contributed by atoms with Crippen LogP contribution in [0.25, 0.3) is 0 Å². The molecule has 0 aliphatic carbocycles. The monoisotopic (exact) mass is 244 g/mol. The molecule has 0 heterocycles. The average molecular weight is 244 g/mol. The van der Waals surface area contributed by atoms with E-state index in [2.05, 4.69) is 27.7 Å². The van der Waals surface area contributed by atoms with Gasteiger partial charge >= 0.3 is 0 Å². The van der Waals surface area contributed by atoms with Crippen LogP contribution in [0.15, 0.2) is 0 Å². The van der Waals surface area contributed by atoms with Gasteiger partial charge in [0, 0.05) is 5.66 Å². The third kappa shape index (κ3) is 7.39. The summed E-state index contributed by atoms with van der Waals surface area (Å²) in [4.78, 5) is 0. The molecular weight excluding hydrogens is 215 g/mol. The first kappa shape index (κ1) is 16.1. The molecule has 0 N–H and O–H groups in total. The third-order valence-corrected chi connectivity index (χ3v) is 4.87. The molecule has 0 fully saturated rings. The summed E-state index contributed by atoms with van der Waals surface area (Å²) in [6.45, 7) is 9.00. The fraction of sp³-hybridized carbons (Fsp3) is 1.00. The van der Waals surface area contributed by atoms with E-state index >= 15 is 0 Å². The molecule has 0 saturated carbocycles. The lowest BCUT2D eigenvalue weighted by molar-refractivity contribution is 0.447. The largest absolute Gasteiger partial charge is 0.275 e. The Morgan fingerprint density at radius 1 is 0.938 bits per heavy atom. The Bertz CT molecular complexity index is 170. The number of unbranched alkanes of at least 4 members (excludes halogenated alkanes) is 2. The van der Waals surface area contributed by atoms with E-state index in [0.29, 0.717) is 20.0 Å². The van der Waals surface area contributed by atoms with Crippen LogP contribution in [0.1, 0.15) is 72.6 Å². The van der Waals surface area contributed by atoms with E-state index in [1.165, 1.54) is 32.1 Å². The van der Waals surface area contributed by atoms with Gasteiger partial charge in [-0.25, -0.2) is 0 Å². The highest BCUT2D eigenvalue weighted by Gasteiger charge is 2.15. The number of hydrogen-bond donors (Lipinski definition) is 0. The van der Waals surface area contributed by atoms with Gasteiger partial charge in [-0.05, 0) is 18.3 Å². The Balaban J connectivity index is 3.52. The summed E-state index contributed by atoms with van der Waals surface area (Å²) >= 11 is 0. The molecule has 0 aromatic carbocycles. The Kier molecular flexibility index (Phi) is 10.3. The van der Waals surface area contributed by atoms with Crippen molar-refractivity contribution in [1.82, 2.24) is 0 Å². The summed E-state index contributed by atoms with van der Waals surface area (Å²) in [5.74, 6) is 1.48. The summed E-state index contributed by atoms with van der Waals surface area (Å²) in [5.41, 5.74) is 0.397. The van der Waals surface area contributed by atoms with Gasteiger partial charge in [0.1, 0.15) is 0 Å². The van der Waals surface area contributed by atoms with Crippen molar-refractivity contribution >= 4 is 8.46 Å². The van der Waals surface area contributed by atoms with E-state index in [1.54, 1.807) is 0 Å². The molecule has 0 aromatic heterocycles. The van der Waals surface area contributed by atoms with Crippen molar-refractivity contribution in [1.29, 1.82) is 0 Å². The molecule has 0 aliphatic heterocycles. The molecule has 16 heavy (non-hydrogen) atoms. The minimum Gasteiger partial charge on any atom is -0.275 e. The van der Waals surface area contributed by atoms with Crippen LogP contribution in [0, 0.1) is 11.8 Å². The van der Waals surface area contributed by atoms with E-state index in [-0.39, 0.29) is 0 Å². The van der Waals surface area contributed by atoms with Crippen molar-refractivity contribution in [3.63, 3.8) is 0 Å². The number of hydrogen-bond acceptors (Lipinski definition) is 1. The molecule has 0 aliphatic rings. The molecule has 0 saturated heterocycles. The molecule has 0 bridgehead atoms. The Hall–Kier alpha value is 0.100. The van der Waals surface area contributed by atoms with Crippen LogP contribution in [-0.2, 0) is 4.57 Å². The molecule has 0 amide bonds. The molecule has 3 unspecified atom stereocenters. The molecule has 96 valence electrons. The van der Waals surface area contributed by atoms with Crippen LogP contribution in [0.3, 0.4) is 0 Å². The minimum atomic E-state index is 0.357.